The number of rotatable bonds is 7. The lowest BCUT2D eigenvalue weighted by atomic mass is 10.3. The Kier molecular flexibility index (Phi) is 5.21. The predicted octanol–water partition coefficient (Wildman–Crippen LogP) is 2.06. The summed E-state index contributed by atoms with van der Waals surface area (Å²) in [6.07, 6.45) is 3.73. The second kappa shape index (κ2) is 6.44. The highest BCUT2D eigenvalue weighted by atomic mass is 32.2. The van der Waals surface area contributed by atoms with Crippen LogP contribution in [0.2, 0.25) is 0 Å². The first-order chi connectivity index (χ1) is 8.07. The second-order valence-electron chi connectivity index (χ2n) is 3.72. The Balaban J connectivity index is 2.56. The molecule has 1 rings (SSSR count). The van der Waals surface area contributed by atoms with Crippen molar-refractivity contribution in [2.24, 2.45) is 0 Å². The molecule has 0 fully saturated rings. The Hall–Kier alpha value is -1.30. The van der Waals surface area contributed by atoms with Crippen molar-refractivity contribution >= 4 is 21.5 Å². The van der Waals surface area contributed by atoms with Gasteiger partial charge in [-0.1, -0.05) is 13.3 Å². The average molecular weight is 257 g/mol. The Morgan fingerprint density at radius 3 is 2.59 bits per heavy atom. The number of pyridine rings is 1. The number of anilines is 2. The molecule has 1 heterocycles. The quantitative estimate of drug-likeness (QED) is 0.733. The molecule has 0 saturated heterocycles. The summed E-state index contributed by atoms with van der Waals surface area (Å²) in [6.45, 7) is 4.59. The summed E-state index contributed by atoms with van der Waals surface area (Å²) in [5.41, 5.74) is 0.493. The molecule has 0 unspecified atom stereocenters. The Morgan fingerprint density at radius 1 is 1.29 bits per heavy atom. The van der Waals surface area contributed by atoms with E-state index in [1.807, 2.05) is 0 Å². The number of nitrogens with zero attached hydrogens (tertiary/aromatic N) is 1. The first-order valence-electron chi connectivity index (χ1n) is 5.78. The fourth-order valence-electron chi connectivity index (χ4n) is 1.20. The second-order valence-corrected chi connectivity index (χ2v) is 5.73. The van der Waals surface area contributed by atoms with E-state index in [0.717, 1.165) is 25.2 Å². The van der Waals surface area contributed by atoms with Crippen molar-refractivity contribution in [1.29, 1.82) is 0 Å². The largest absolute Gasteiger partial charge is 0.370 e. The lowest BCUT2D eigenvalue weighted by molar-refractivity contribution is 0.602. The molecule has 0 aliphatic rings. The van der Waals surface area contributed by atoms with Gasteiger partial charge in [0.15, 0.2) is 0 Å². The van der Waals surface area contributed by atoms with Crippen molar-refractivity contribution in [1.82, 2.24) is 4.98 Å². The van der Waals surface area contributed by atoms with E-state index in [9.17, 15) is 8.42 Å². The van der Waals surface area contributed by atoms with E-state index in [1.54, 1.807) is 19.1 Å². The minimum Gasteiger partial charge on any atom is -0.370 e. The molecule has 0 amide bonds. The van der Waals surface area contributed by atoms with Crippen LogP contribution in [0, 0.1) is 0 Å². The smallest absolute Gasteiger partial charge is 0.232 e. The number of hydrogen-bond acceptors (Lipinski definition) is 4. The lowest BCUT2D eigenvalue weighted by Gasteiger charge is -2.07. The maximum absolute atomic E-state index is 11.3. The topological polar surface area (TPSA) is 71.1 Å². The van der Waals surface area contributed by atoms with Gasteiger partial charge in [-0.2, -0.15) is 0 Å². The van der Waals surface area contributed by atoms with Gasteiger partial charge in [-0.05, 0) is 25.5 Å². The van der Waals surface area contributed by atoms with Gasteiger partial charge in [-0.25, -0.2) is 13.4 Å². The summed E-state index contributed by atoms with van der Waals surface area (Å²) in [4.78, 5) is 4.13. The van der Waals surface area contributed by atoms with Gasteiger partial charge in [0.2, 0.25) is 10.0 Å². The highest BCUT2D eigenvalue weighted by Gasteiger charge is 2.06. The van der Waals surface area contributed by atoms with Crippen molar-refractivity contribution in [3.05, 3.63) is 18.3 Å². The minimum atomic E-state index is -3.22. The number of unbranched alkanes of at least 4 members (excludes halogenated alkanes) is 1. The number of sulfonamides is 1. The third-order valence-electron chi connectivity index (χ3n) is 2.25. The van der Waals surface area contributed by atoms with Crippen LogP contribution < -0.4 is 10.0 Å². The highest BCUT2D eigenvalue weighted by molar-refractivity contribution is 7.92. The van der Waals surface area contributed by atoms with Gasteiger partial charge in [0.25, 0.3) is 0 Å². The average Bonchev–Trinajstić information content (AvgIpc) is 2.31. The van der Waals surface area contributed by atoms with E-state index in [2.05, 4.69) is 21.9 Å². The zero-order valence-corrected chi connectivity index (χ0v) is 11.0. The van der Waals surface area contributed by atoms with E-state index < -0.39 is 10.0 Å². The van der Waals surface area contributed by atoms with Crippen LogP contribution in [0.1, 0.15) is 26.7 Å². The number of nitrogens with one attached hydrogen (secondary N) is 2. The van der Waals surface area contributed by atoms with Crippen LogP contribution in [0.3, 0.4) is 0 Å². The van der Waals surface area contributed by atoms with E-state index >= 15 is 0 Å². The molecule has 0 aliphatic heterocycles. The standard InChI is InChI=1S/C11H19N3O2S/c1-3-5-8-12-11-7-6-10(9-13-11)14-17(15,16)4-2/h6-7,9,14H,3-5,8H2,1-2H3,(H,12,13). The third kappa shape index (κ3) is 5.04. The van der Waals surface area contributed by atoms with Crippen LogP contribution in [0.5, 0.6) is 0 Å². The summed E-state index contributed by atoms with van der Waals surface area (Å²) < 4.78 is 25.1. The molecule has 5 nitrogen and oxygen atoms in total. The van der Waals surface area contributed by atoms with Crippen molar-refractivity contribution in [3.63, 3.8) is 0 Å². The zero-order valence-electron chi connectivity index (χ0n) is 10.2. The first kappa shape index (κ1) is 13.8. The minimum absolute atomic E-state index is 0.0590. The van der Waals surface area contributed by atoms with Gasteiger partial charge < -0.3 is 5.32 Å². The molecule has 0 spiro atoms. The molecule has 0 atom stereocenters. The normalized spacial score (nSPS) is 11.2. The van der Waals surface area contributed by atoms with Crippen LogP contribution in [-0.4, -0.2) is 25.7 Å². The molecule has 0 saturated carbocycles. The Labute approximate surface area is 103 Å². The van der Waals surface area contributed by atoms with E-state index in [0.29, 0.717) is 5.69 Å². The molecule has 1 aromatic rings. The molecule has 2 N–H and O–H groups in total. The molecular weight excluding hydrogens is 238 g/mol. The van der Waals surface area contributed by atoms with Crippen LogP contribution in [0.15, 0.2) is 18.3 Å². The predicted molar refractivity (Wildman–Crippen MR) is 70.7 cm³/mol. The number of hydrogen-bond donors (Lipinski definition) is 2. The Morgan fingerprint density at radius 2 is 2.06 bits per heavy atom. The van der Waals surface area contributed by atoms with Crippen LogP contribution in [0.25, 0.3) is 0 Å². The molecule has 0 radical (unpaired) electrons. The molecule has 0 bridgehead atoms. The van der Waals surface area contributed by atoms with Gasteiger partial charge >= 0.3 is 0 Å². The number of aromatic nitrogens is 1. The SMILES string of the molecule is CCCCNc1ccc(NS(=O)(=O)CC)cn1. The summed E-state index contributed by atoms with van der Waals surface area (Å²) in [5.74, 6) is 0.821. The van der Waals surface area contributed by atoms with E-state index in [1.165, 1.54) is 6.20 Å². The van der Waals surface area contributed by atoms with Gasteiger partial charge in [-0.3, -0.25) is 4.72 Å². The van der Waals surface area contributed by atoms with Crippen molar-refractivity contribution in [2.75, 3.05) is 22.3 Å². The Bertz CT molecular complexity index is 429. The van der Waals surface area contributed by atoms with Gasteiger partial charge in [-0.15, -0.1) is 0 Å². The molecule has 17 heavy (non-hydrogen) atoms. The fourth-order valence-corrected chi connectivity index (χ4v) is 1.83. The van der Waals surface area contributed by atoms with Gasteiger partial charge in [0.1, 0.15) is 5.82 Å². The maximum Gasteiger partial charge on any atom is 0.232 e. The van der Waals surface area contributed by atoms with Crippen LogP contribution in [0.4, 0.5) is 11.5 Å². The van der Waals surface area contributed by atoms with E-state index in [-0.39, 0.29) is 5.75 Å². The molecule has 0 aliphatic carbocycles. The fraction of sp³-hybridized carbons (Fsp3) is 0.545. The molecule has 1 aromatic heterocycles. The molecular formula is C11H19N3O2S. The molecule has 6 heteroatoms. The van der Waals surface area contributed by atoms with Crippen LogP contribution in [-0.2, 0) is 10.0 Å². The molecule has 96 valence electrons. The highest BCUT2D eigenvalue weighted by Crippen LogP contribution is 2.11. The lowest BCUT2D eigenvalue weighted by Crippen LogP contribution is -2.14. The van der Waals surface area contributed by atoms with Crippen molar-refractivity contribution < 1.29 is 8.42 Å². The summed E-state index contributed by atoms with van der Waals surface area (Å²) >= 11 is 0. The maximum atomic E-state index is 11.3. The van der Waals surface area contributed by atoms with Gasteiger partial charge in [0, 0.05) is 6.54 Å². The van der Waals surface area contributed by atoms with Crippen LogP contribution >= 0.6 is 0 Å². The monoisotopic (exact) mass is 257 g/mol. The van der Waals surface area contributed by atoms with Crippen molar-refractivity contribution in [2.45, 2.75) is 26.7 Å². The zero-order chi connectivity index (χ0) is 12.7. The molecule has 0 aromatic carbocycles. The van der Waals surface area contributed by atoms with Gasteiger partial charge in [0.05, 0.1) is 17.6 Å². The van der Waals surface area contributed by atoms with E-state index in [4.69, 9.17) is 0 Å². The van der Waals surface area contributed by atoms with Crippen molar-refractivity contribution in [3.8, 4) is 0 Å². The summed E-state index contributed by atoms with van der Waals surface area (Å²) in [5, 5.41) is 3.16. The summed E-state index contributed by atoms with van der Waals surface area (Å²) in [6, 6.07) is 3.47. The third-order valence-corrected chi connectivity index (χ3v) is 3.56. The summed E-state index contributed by atoms with van der Waals surface area (Å²) in [7, 11) is -3.22. The first-order valence-corrected chi connectivity index (χ1v) is 7.43.